The minimum absolute atomic E-state index is 0.00691. The Labute approximate surface area is 161 Å². The fourth-order valence-corrected chi connectivity index (χ4v) is 2.96. The van der Waals surface area contributed by atoms with E-state index in [1.165, 1.54) is 11.7 Å². The summed E-state index contributed by atoms with van der Waals surface area (Å²) in [5, 5.41) is 2.87. The molecule has 0 aliphatic carbocycles. The molecule has 0 radical (unpaired) electrons. The number of aromatic amines is 1. The van der Waals surface area contributed by atoms with Crippen LogP contribution in [0.4, 0.5) is 5.69 Å². The van der Waals surface area contributed by atoms with Crippen LogP contribution in [-0.2, 0) is 6.54 Å². The van der Waals surface area contributed by atoms with Crippen LogP contribution in [0.3, 0.4) is 0 Å². The molecular formula is C20H22N4O4. The van der Waals surface area contributed by atoms with Crippen molar-refractivity contribution in [1.29, 1.82) is 0 Å². The second-order valence-electron chi connectivity index (χ2n) is 6.64. The summed E-state index contributed by atoms with van der Waals surface area (Å²) in [6.45, 7) is 5.95. The van der Waals surface area contributed by atoms with Gasteiger partial charge in [0.1, 0.15) is 5.75 Å². The Balaban J connectivity index is 2.22. The van der Waals surface area contributed by atoms with E-state index in [1.54, 1.807) is 37.3 Å². The van der Waals surface area contributed by atoms with Gasteiger partial charge >= 0.3 is 5.69 Å². The number of carbonyl (C=O) groups is 1. The average molecular weight is 382 g/mol. The molecule has 28 heavy (non-hydrogen) atoms. The molecule has 0 spiro atoms. The molecule has 2 N–H and O–H groups in total. The first-order chi connectivity index (χ1) is 13.3. The Morgan fingerprint density at radius 3 is 2.68 bits per heavy atom. The van der Waals surface area contributed by atoms with Crippen LogP contribution in [0, 0.1) is 0 Å². The van der Waals surface area contributed by atoms with Gasteiger partial charge in [0, 0.05) is 24.0 Å². The Morgan fingerprint density at radius 1 is 1.29 bits per heavy atom. The standard InChI is InChI=1S/C20H22N4O4/c1-5-24-17-16(19(26)23-20(24)27)14(10-15(22-17)11(2)3)18(25)21-12-7-6-8-13(9-12)28-4/h6-11H,5H2,1-4H3,(H,21,25)(H,23,26,27). The van der Waals surface area contributed by atoms with Crippen LogP contribution < -0.4 is 21.3 Å². The lowest BCUT2D eigenvalue weighted by Crippen LogP contribution is -2.32. The summed E-state index contributed by atoms with van der Waals surface area (Å²) in [5.74, 6) is 0.139. The third-order valence-corrected chi connectivity index (χ3v) is 4.45. The van der Waals surface area contributed by atoms with E-state index in [2.05, 4.69) is 15.3 Å². The number of nitrogens with one attached hydrogen (secondary N) is 2. The van der Waals surface area contributed by atoms with Gasteiger partial charge in [-0.05, 0) is 31.0 Å². The van der Waals surface area contributed by atoms with E-state index in [4.69, 9.17) is 4.74 Å². The van der Waals surface area contributed by atoms with Gasteiger partial charge in [-0.15, -0.1) is 0 Å². The summed E-state index contributed by atoms with van der Waals surface area (Å²) < 4.78 is 6.52. The third kappa shape index (κ3) is 3.53. The molecule has 2 heterocycles. The molecule has 1 amide bonds. The molecule has 2 aromatic heterocycles. The second kappa shape index (κ2) is 7.67. The third-order valence-electron chi connectivity index (χ3n) is 4.45. The van der Waals surface area contributed by atoms with E-state index in [0.717, 1.165) is 0 Å². The highest BCUT2D eigenvalue weighted by Crippen LogP contribution is 2.22. The first kappa shape index (κ1) is 19.3. The summed E-state index contributed by atoms with van der Waals surface area (Å²) in [6, 6.07) is 8.51. The molecule has 0 aliphatic rings. The number of aryl methyl sites for hydroxylation is 1. The minimum Gasteiger partial charge on any atom is -0.497 e. The van der Waals surface area contributed by atoms with Crippen LogP contribution in [0.15, 0.2) is 39.9 Å². The molecule has 0 aliphatic heterocycles. The molecule has 3 aromatic rings. The lowest BCUT2D eigenvalue weighted by molar-refractivity contribution is 0.102. The highest BCUT2D eigenvalue weighted by molar-refractivity contribution is 6.11. The number of pyridine rings is 1. The number of ether oxygens (including phenoxy) is 1. The van der Waals surface area contributed by atoms with Gasteiger partial charge in [-0.3, -0.25) is 19.1 Å². The van der Waals surface area contributed by atoms with Gasteiger partial charge in [0.15, 0.2) is 5.65 Å². The van der Waals surface area contributed by atoms with Gasteiger partial charge < -0.3 is 10.1 Å². The smallest absolute Gasteiger partial charge is 0.329 e. The Morgan fingerprint density at radius 2 is 2.04 bits per heavy atom. The van der Waals surface area contributed by atoms with E-state index in [1.807, 2.05) is 13.8 Å². The van der Waals surface area contributed by atoms with Crippen LogP contribution in [-0.4, -0.2) is 27.6 Å². The molecule has 0 unspecified atom stereocenters. The van der Waals surface area contributed by atoms with Gasteiger partial charge in [0.25, 0.3) is 11.5 Å². The van der Waals surface area contributed by atoms with Crippen LogP contribution in [0.5, 0.6) is 5.75 Å². The number of amides is 1. The first-order valence-electron chi connectivity index (χ1n) is 8.98. The Bertz CT molecular complexity index is 1160. The summed E-state index contributed by atoms with van der Waals surface area (Å²) >= 11 is 0. The predicted octanol–water partition coefficient (Wildman–Crippen LogP) is 2.49. The van der Waals surface area contributed by atoms with Crippen LogP contribution >= 0.6 is 0 Å². The number of aromatic nitrogens is 3. The fourth-order valence-electron chi connectivity index (χ4n) is 2.96. The van der Waals surface area contributed by atoms with E-state index >= 15 is 0 Å². The zero-order valence-corrected chi connectivity index (χ0v) is 16.2. The summed E-state index contributed by atoms with van der Waals surface area (Å²) in [6.07, 6.45) is 0. The number of nitrogens with zero attached hydrogens (tertiary/aromatic N) is 2. The average Bonchev–Trinajstić information content (AvgIpc) is 2.67. The maximum absolute atomic E-state index is 13.0. The van der Waals surface area contributed by atoms with Crippen molar-refractivity contribution >= 4 is 22.6 Å². The number of hydrogen-bond donors (Lipinski definition) is 2. The number of rotatable bonds is 5. The SMILES string of the molecule is CCn1c(=O)[nH]c(=O)c2c(C(=O)Nc3cccc(OC)c3)cc(C(C)C)nc21. The van der Waals surface area contributed by atoms with Crippen LogP contribution in [0.2, 0.25) is 0 Å². The van der Waals surface area contributed by atoms with Crippen molar-refractivity contribution in [2.75, 3.05) is 12.4 Å². The second-order valence-corrected chi connectivity index (χ2v) is 6.64. The predicted molar refractivity (Wildman–Crippen MR) is 107 cm³/mol. The van der Waals surface area contributed by atoms with Gasteiger partial charge in [-0.1, -0.05) is 19.9 Å². The molecule has 0 atom stereocenters. The molecule has 0 bridgehead atoms. The maximum atomic E-state index is 13.0. The summed E-state index contributed by atoms with van der Waals surface area (Å²) in [5.41, 5.74) is 0.338. The first-order valence-corrected chi connectivity index (χ1v) is 8.98. The minimum atomic E-state index is -0.636. The highest BCUT2D eigenvalue weighted by atomic mass is 16.5. The zero-order valence-electron chi connectivity index (χ0n) is 16.2. The molecule has 0 saturated carbocycles. The lowest BCUT2D eigenvalue weighted by Gasteiger charge is -2.14. The Kier molecular flexibility index (Phi) is 5.30. The van der Waals surface area contributed by atoms with Crippen molar-refractivity contribution in [3.8, 4) is 5.75 Å². The van der Waals surface area contributed by atoms with Gasteiger partial charge in [0.2, 0.25) is 0 Å². The van der Waals surface area contributed by atoms with Gasteiger partial charge in [-0.2, -0.15) is 0 Å². The molecule has 146 valence electrons. The number of hydrogen-bond acceptors (Lipinski definition) is 5. The molecular weight excluding hydrogens is 360 g/mol. The molecule has 8 heteroatoms. The van der Waals surface area contributed by atoms with E-state index in [9.17, 15) is 14.4 Å². The summed E-state index contributed by atoms with van der Waals surface area (Å²) in [7, 11) is 1.54. The van der Waals surface area contributed by atoms with E-state index in [0.29, 0.717) is 23.7 Å². The van der Waals surface area contributed by atoms with Crippen molar-refractivity contribution in [2.45, 2.75) is 33.2 Å². The normalized spacial score (nSPS) is 11.0. The largest absolute Gasteiger partial charge is 0.497 e. The monoisotopic (exact) mass is 382 g/mol. The number of benzene rings is 1. The number of anilines is 1. The lowest BCUT2D eigenvalue weighted by atomic mass is 10.0. The quantitative estimate of drug-likeness (QED) is 0.705. The maximum Gasteiger partial charge on any atom is 0.329 e. The van der Waals surface area contributed by atoms with Gasteiger partial charge in [0.05, 0.1) is 18.1 Å². The molecule has 0 fully saturated rings. The van der Waals surface area contributed by atoms with E-state index in [-0.39, 0.29) is 22.5 Å². The fraction of sp³-hybridized carbons (Fsp3) is 0.300. The number of methoxy groups -OCH3 is 1. The van der Waals surface area contributed by atoms with Crippen LogP contribution in [0.1, 0.15) is 42.7 Å². The summed E-state index contributed by atoms with van der Waals surface area (Å²) in [4.78, 5) is 44.5. The highest BCUT2D eigenvalue weighted by Gasteiger charge is 2.20. The van der Waals surface area contributed by atoms with Crippen molar-refractivity contribution in [1.82, 2.24) is 14.5 Å². The topological polar surface area (TPSA) is 106 Å². The Hall–Kier alpha value is -3.42. The molecule has 8 nitrogen and oxygen atoms in total. The van der Waals surface area contributed by atoms with Gasteiger partial charge in [-0.25, -0.2) is 9.78 Å². The van der Waals surface area contributed by atoms with Crippen molar-refractivity contribution in [3.63, 3.8) is 0 Å². The zero-order chi connectivity index (χ0) is 20.4. The van der Waals surface area contributed by atoms with Crippen molar-refractivity contribution in [3.05, 3.63) is 62.4 Å². The molecule has 3 rings (SSSR count). The number of carbonyl (C=O) groups excluding carboxylic acids is 1. The number of fused-ring (bicyclic) bond motifs is 1. The van der Waals surface area contributed by atoms with Crippen molar-refractivity contribution in [2.24, 2.45) is 0 Å². The number of H-pyrrole nitrogens is 1. The van der Waals surface area contributed by atoms with E-state index < -0.39 is 17.2 Å². The van der Waals surface area contributed by atoms with Crippen LogP contribution in [0.25, 0.3) is 11.0 Å². The van der Waals surface area contributed by atoms with Crippen molar-refractivity contribution < 1.29 is 9.53 Å². The molecule has 1 aromatic carbocycles. The molecule has 0 saturated heterocycles.